The summed E-state index contributed by atoms with van der Waals surface area (Å²) in [6.45, 7) is 3.98. The van der Waals surface area contributed by atoms with Gasteiger partial charge in [-0.2, -0.15) is 0 Å². The Hall–Kier alpha value is -1.32. The molecule has 1 amide bonds. The lowest BCUT2D eigenvalue weighted by Crippen LogP contribution is -2.44. The van der Waals surface area contributed by atoms with E-state index in [0.717, 1.165) is 37.4 Å². The third kappa shape index (κ3) is 5.95. The zero-order chi connectivity index (χ0) is 17.5. The molecule has 1 aliphatic rings. The van der Waals surface area contributed by atoms with Crippen LogP contribution in [0.15, 0.2) is 30.3 Å². The van der Waals surface area contributed by atoms with Crippen LogP contribution in [0.2, 0.25) is 5.02 Å². The fourth-order valence-corrected chi connectivity index (χ4v) is 3.41. The van der Waals surface area contributed by atoms with Crippen molar-refractivity contribution in [1.29, 1.82) is 0 Å². The molecule has 0 bridgehead atoms. The molecule has 0 aromatic heterocycles. The van der Waals surface area contributed by atoms with Gasteiger partial charge in [0.1, 0.15) is 0 Å². The summed E-state index contributed by atoms with van der Waals surface area (Å²) in [7, 11) is 4.10. The molecule has 24 heavy (non-hydrogen) atoms. The van der Waals surface area contributed by atoms with Gasteiger partial charge in [0.05, 0.1) is 0 Å². The summed E-state index contributed by atoms with van der Waals surface area (Å²) in [4.78, 5) is 17.0. The zero-order valence-electron chi connectivity index (χ0n) is 15.0. The average Bonchev–Trinajstić information content (AvgIpc) is 2.54. The molecule has 3 nitrogen and oxygen atoms in total. The van der Waals surface area contributed by atoms with Crippen LogP contribution >= 0.6 is 11.6 Å². The van der Waals surface area contributed by atoms with E-state index in [9.17, 15) is 4.79 Å². The number of amides is 1. The molecule has 1 aliphatic carbocycles. The molecule has 0 atom stereocenters. The van der Waals surface area contributed by atoms with Crippen LogP contribution in [0, 0.1) is 5.92 Å². The Kier molecular flexibility index (Phi) is 7.32. The number of carbonyl (C=O) groups is 1. The molecule has 0 saturated heterocycles. The van der Waals surface area contributed by atoms with Gasteiger partial charge in [0, 0.05) is 30.2 Å². The van der Waals surface area contributed by atoms with Crippen molar-refractivity contribution in [2.45, 2.75) is 38.6 Å². The van der Waals surface area contributed by atoms with Gasteiger partial charge in [0.15, 0.2) is 0 Å². The van der Waals surface area contributed by atoms with Crippen LogP contribution in [0.3, 0.4) is 0 Å². The minimum atomic E-state index is 0.108. The second-order valence-electron chi connectivity index (χ2n) is 7.14. The molecule has 0 heterocycles. The first-order chi connectivity index (χ1) is 11.5. The van der Waals surface area contributed by atoms with Crippen molar-refractivity contribution in [2.24, 2.45) is 5.92 Å². The fraction of sp³-hybridized carbons (Fsp3) is 0.550. The highest BCUT2D eigenvalue weighted by molar-refractivity contribution is 6.30. The molecule has 132 valence electrons. The number of hydrogen-bond donors (Lipinski definition) is 0. The molecule has 2 rings (SSSR count). The molecular weight excluding hydrogens is 320 g/mol. The third-order valence-electron chi connectivity index (χ3n) is 4.76. The first-order valence-electron chi connectivity index (χ1n) is 8.84. The molecule has 0 unspecified atom stereocenters. The summed E-state index contributed by atoms with van der Waals surface area (Å²) >= 11 is 6.01. The Balaban J connectivity index is 2.05. The van der Waals surface area contributed by atoms with Crippen LogP contribution in [0.25, 0.3) is 6.08 Å². The van der Waals surface area contributed by atoms with Crippen molar-refractivity contribution in [3.05, 3.63) is 40.9 Å². The largest absolute Gasteiger partial charge is 0.335 e. The zero-order valence-corrected chi connectivity index (χ0v) is 15.8. The van der Waals surface area contributed by atoms with Crippen molar-refractivity contribution in [3.8, 4) is 0 Å². The molecule has 1 saturated carbocycles. The summed E-state index contributed by atoms with van der Waals surface area (Å²) in [6, 6.07) is 7.95. The van der Waals surface area contributed by atoms with Crippen LogP contribution < -0.4 is 0 Å². The first-order valence-corrected chi connectivity index (χ1v) is 9.22. The molecule has 0 spiro atoms. The van der Waals surface area contributed by atoms with Gasteiger partial charge >= 0.3 is 0 Å². The van der Waals surface area contributed by atoms with E-state index < -0.39 is 0 Å². The van der Waals surface area contributed by atoms with Crippen molar-refractivity contribution >= 4 is 23.6 Å². The number of benzene rings is 1. The molecule has 0 N–H and O–H groups in total. The lowest BCUT2D eigenvalue weighted by atomic mass is 9.86. The summed E-state index contributed by atoms with van der Waals surface area (Å²) in [6.07, 6.45) is 8.22. The number of halogens is 1. The van der Waals surface area contributed by atoms with Gasteiger partial charge in [-0.15, -0.1) is 0 Å². The molecule has 1 aromatic carbocycles. The number of likely N-dealkylation sites (N-methyl/N-ethyl adjacent to an activating group) is 1. The lowest BCUT2D eigenvalue weighted by Gasteiger charge is -2.36. The summed E-state index contributed by atoms with van der Waals surface area (Å²) in [5.74, 6) is 0.894. The molecule has 1 aromatic rings. The Morgan fingerprint density at radius 1 is 1.21 bits per heavy atom. The summed E-state index contributed by atoms with van der Waals surface area (Å²) in [5, 5.41) is 0.690. The summed E-state index contributed by atoms with van der Waals surface area (Å²) < 4.78 is 0. The highest BCUT2D eigenvalue weighted by atomic mass is 35.5. The summed E-state index contributed by atoms with van der Waals surface area (Å²) in [5.41, 5.74) is 0.959. The van der Waals surface area contributed by atoms with Gasteiger partial charge in [0.2, 0.25) is 5.91 Å². The van der Waals surface area contributed by atoms with Gasteiger partial charge in [-0.1, -0.05) is 30.7 Å². The maximum Gasteiger partial charge on any atom is 0.246 e. The van der Waals surface area contributed by atoms with Crippen LogP contribution in [0.1, 0.15) is 38.2 Å². The minimum Gasteiger partial charge on any atom is -0.335 e. The van der Waals surface area contributed by atoms with E-state index in [2.05, 4.69) is 16.7 Å². The van der Waals surface area contributed by atoms with Crippen molar-refractivity contribution in [2.75, 3.05) is 27.2 Å². The standard InChI is InChI=1S/C20H29ClN2O/c1-16-7-10-19(11-8-16)23(14-13-22(2)3)20(24)12-9-17-5-4-6-18(21)15-17/h4-6,9,12,15-16,19H,7-8,10-11,13-14H2,1-3H3/b12-9+/t16-,19-. The maximum atomic E-state index is 12.8. The van der Waals surface area contributed by atoms with Crippen LogP contribution in [0.4, 0.5) is 0 Å². The van der Waals surface area contributed by atoms with Crippen LogP contribution in [-0.2, 0) is 4.79 Å². The lowest BCUT2D eigenvalue weighted by molar-refractivity contribution is -0.129. The Bertz CT molecular complexity index is 563. The van der Waals surface area contributed by atoms with E-state index in [1.54, 1.807) is 6.08 Å². The number of rotatable bonds is 6. The second-order valence-corrected chi connectivity index (χ2v) is 7.57. The highest BCUT2D eigenvalue weighted by Gasteiger charge is 2.26. The molecular formula is C20H29ClN2O. The maximum absolute atomic E-state index is 12.8. The number of hydrogen-bond acceptors (Lipinski definition) is 2. The van der Waals surface area contributed by atoms with Crippen molar-refractivity contribution < 1.29 is 4.79 Å². The van der Waals surface area contributed by atoms with Gasteiger partial charge < -0.3 is 9.80 Å². The van der Waals surface area contributed by atoms with Gasteiger partial charge in [-0.25, -0.2) is 0 Å². The molecule has 0 aliphatic heterocycles. The number of carbonyl (C=O) groups excluding carboxylic acids is 1. The van der Waals surface area contributed by atoms with E-state index >= 15 is 0 Å². The minimum absolute atomic E-state index is 0.108. The second kappa shape index (κ2) is 9.24. The topological polar surface area (TPSA) is 23.6 Å². The normalized spacial score (nSPS) is 21.4. The average molecular weight is 349 g/mol. The van der Waals surface area contributed by atoms with Crippen molar-refractivity contribution in [3.63, 3.8) is 0 Å². The number of nitrogens with zero attached hydrogens (tertiary/aromatic N) is 2. The van der Waals surface area contributed by atoms with Crippen LogP contribution in [-0.4, -0.2) is 48.9 Å². The van der Waals surface area contributed by atoms with Gasteiger partial charge in [0.25, 0.3) is 0 Å². The predicted molar refractivity (Wildman–Crippen MR) is 102 cm³/mol. The SMILES string of the molecule is CN(C)CCN(C(=O)/C=C/c1cccc(Cl)c1)[C@H]1CC[C@H](C)CC1. The van der Waals surface area contributed by atoms with E-state index in [4.69, 9.17) is 11.6 Å². The van der Waals surface area contributed by atoms with Crippen LogP contribution in [0.5, 0.6) is 0 Å². The Morgan fingerprint density at radius 3 is 2.54 bits per heavy atom. The monoisotopic (exact) mass is 348 g/mol. The van der Waals surface area contributed by atoms with E-state index in [0.29, 0.717) is 11.1 Å². The molecule has 0 radical (unpaired) electrons. The molecule has 1 fully saturated rings. The fourth-order valence-electron chi connectivity index (χ4n) is 3.21. The van der Waals surface area contributed by atoms with Gasteiger partial charge in [-0.3, -0.25) is 4.79 Å². The third-order valence-corrected chi connectivity index (χ3v) is 5.00. The van der Waals surface area contributed by atoms with E-state index in [1.807, 2.05) is 44.4 Å². The smallest absolute Gasteiger partial charge is 0.246 e. The van der Waals surface area contributed by atoms with E-state index in [-0.39, 0.29) is 5.91 Å². The Labute approximate surface area is 151 Å². The first kappa shape index (κ1) is 19.0. The van der Waals surface area contributed by atoms with Gasteiger partial charge in [-0.05, 0) is 69.5 Å². The Morgan fingerprint density at radius 2 is 1.92 bits per heavy atom. The highest BCUT2D eigenvalue weighted by Crippen LogP contribution is 2.27. The molecule has 4 heteroatoms. The predicted octanol–water partition coefficient (Wildman–Crippen LogP) is 4.32. The van der Waals surface area contributed by atoms with E-state index in [1.165, 1.54) is 12.8 Å². The van der Waals surface area contributed by atoms with Crippen molar-refractivity contribution in [1.82, 2.24) is 9.80 Å². The quantitative estimate of drug-likeness (QED) is 0.715.